The van der Waals surface area contributed by atoms with Crippen molar-refractivity contribution < 1.29 is 0 Å². The normalized spacial score (nSPS) is 12.7. The lowest BCUT2D eigenvalue weighted by atomic mass is 10.1. The summed E-state index contributed by atoms with van der Waals surface area (Å²) in [4.78, 5) is 7.99. The number of H-pyrrole nitrogens is 1. The van der Waals surface area contributed by atoms with Crippen molar-refractivity contribution in [2.24, 2.45) is 0 Å². The molecule has 2 aromatic carbocycles. The molecule has 0 fully saturated rings. The smallest absolute Gasteiger partial charge is 0.124 e. The van der Waals surface area contributed by atoms with Crippen LogP contribution in [0.15, 0.2) is 54.6 Å². The maximum Gasteiger partial charge on any atom is 0.124 e. The third kappa shape index (κ3) is 2.89. The maximum atomic E-state index is 4.62. The van der Waals surface area contributed by atoms with Gasteiger partial charge in [-0.25, -0.2) is 4.98 Å². The first-order chi connectivity index (χ1) is 9.83. The second kappa shape index (κ2) is 5.88. The quantitative estimate of drug-likeness (QED) is 0.741. The number of aromatic nitrogens is 2. The van der Waals surface area contributed by atoms with E-state index in [-0.39, 0.29) is 6.04 Å². The number of aromatic amines is 1. The van der Waals surface area contributed by atoms with Crippen LogP contribution in [0.25, 0.3) is 11.0 Å². The van der Waals surface area contributed by atoms with Gasteiger partial charge in [0.25, 0.3) is 0 Å². The molecule has 0 aliphatic carbocycles. The number of imidazole rings is 1. The molecule has 0 saturated carbocycles. The molecular weight excluding hydrogens is 246 g/mol. The second-order valence-corrected chi connectivity index (χ2v) is 5.05. The fourth-order valence-corrected chi connectivity index (χ4v) is 2.35. The molecule has 0 saturated heterocycles. The Morgan fingerprint density at radius 1 is 1.05 bits per heavy atom. The highest BCUT2D eigenvalue weighted by molar-refractivity contribution is 5.74. The Bertz CT molecular complexity index is 640. The Labute approximate surface area is 119 Å². The van der Waals surface area contributed by atoms with Gasteiger partial charge in [0.15, 0.2) is 0 Å². The van der Waals surface area contributed by atoms with Crippen LogP contribution in [0.1, 0.15) is 24.4 Å². The summed E-state index contributed by atoms with van der Waals surface area (Å²) in [5, 5.41) is 3.51. The van der Waals surface area contributed by atoms with E-state index in [1.807, 2.05) is 24.3 Å². The van der Waals surface area contributed by atoms with E-state index in [1.54, 1.807) is 0 Å². The van der Waals surface area contributed by atoms with Gasteiger partial charge >= 0.3 is 0 Å². The first-order valence-electron chi connectivity index (χ1n) is 7.05. The molecule has 0 aliphatic rings. The van der Waals surface area contributed by atoms with E-state index in [2.05, 4.69) is 52.5 Å². The van der Waals surface area contributed by atoms with Gasteiger partial charge in [-0.05, 0) is 37.6 Å². The van der Waals surface area contributed by atoms with Gasteiger partial charge in [-0.2, -0.15) is 0 Å². The summed E-state index contributed by atoms with van der Waals surface area (Å²) in [5.41, 5.74) is 3.48. The molecule has 102 valence electrons. The first-order valence-corrected chi connectivity index (χ1v) is 7.05. The molecular formula is C17H19N3. The molecule has 1 aromatic heterocycles. The molecule has 1 unspecified atom stereocenters. The van der Waals surface area contributed by atoms with Crippen LogP contribution in [0.5, 0.6) is 0 Å². The Hall–Kier alpha value is -2.13. The molecule has 2 N–H and O–H groups in total. The standard InChI is InChI=1S/C17H19N3/c1-13(18-12-11-14-7-3-2-4-8-14)17-19-15-9-5-6-10-16(15)20-17/h2-10,13,18H,11-12H2,1H3,(H,19,20). The average Bonchev–Trinajstić information content (AvgIpc) is 2.92. The lowest BCUT2D eigenvalue weighted by Gasteiger charge is -2.11. The molecule has 3 rings (SSSR count). The van der Waals surface area contributed by atoms with Crippen molar-refractivity contribution in [2.75, 3.05) is 6.54 Å². The lowest BCUT2D eigenvalue weighted by molar-refractivity contribution is 0.555. The van der Waals surface area contributed by atoms with E-state index in [1.165, 1.54) is 5.56 Å². The largest absolute Gasteiger partial charge is 0.341 e. The van der Waals surface area contributed by atoms with Crippen LogP contribution < -0.4 is 5.32 Å². The zero-order valence-electron chi connectivity index (χ0n) is 11.6. The number of hydrogen-bond donors (Lipinski definition) is 2. The maximum absolute atomic E-state index is 4.62. The highest BCUT2D eigenvalue weighted by atomic mass is 15.0. The number of nitrogens with zero attached hydrogens (tertiary/aromatic N) is 1. The van der Waals surface area contributed by atoms with Crippen LogP contribution in [0.2, 0.25) is 0 Å². The van der Waals surface area contributed by atoms with E-state index in [9.17, 15) is 0 Å². The third-order valence-corrected chi connectivity index (χ3v) is 3.52. The summed E-state index contributed by atoms with van der Waals surface area (Å²) in [6, 6.07) is 18.9. The number of hydrogen-bond acceptors (Lipinski definition) is 2. The van der Waals surface area contributed by atoms with Crippen LogP contribution in [0.4, 0.5) is 0 Å². The Balaban J connectivity index is 1.60. The fourth-order valence-electron chi connectivity index (χ4n) is 2.35. The highest BCUT2D eigenvalue weighted by Gasteiger charge is 2.09. The Morgan fingerprint density at radius 2 is 1.80 bits per heavy atom. The number of para-hydroxylation sites is 2. The van der Waals surface area contributed by atoms with E-state index < -0.39 is 0 Å². The van der Waals surface area contributed by atoms with Crippen LogP contribution in [-0.2, 0) is 6.42 Å². The number of rotatable bonds is 5. The number of nitrogens with one attached hydrogen (secondary N) is 2. The summed E-state index contributed by atoms with van der Waals surface area (Å²) >= 11 is 0. The third-order valence-electron chi connectivity index (χ3n) is 3.52. The molecule has 3 nitrogen and oxygen atoms in total. The van der Waals surface area contributed by atoms with Gasteiger partial charge < -0.3 is 10.3 Å². The molecule has 1 heterocycles. The van der Waals surface area contributed by atoms with Crippen molar-refractivity contribution in [3.05, 3.63) is 66.0 Å². The molecule has 0 bridgehead atoms. The summed E-state index contributed by atoms with van der Waals surface area (Å²) < 4.78 is 0. The molecule has 1 atom stereocenters. The van der Waals surface area contributed by atoms with Crippen LogP contribution in [-0.4, -0.2) is 16.5 Å². The summed E-state index contributed by atoms with van der Waals surface area (Å²) in [5.74, 6) is 0.999. The van der Waals surface area contributed by atoms with E-state index in [0.29, 0.717) is 0 Å². The van der Waals surface area contributed by atoms with Crippen molar-refractivity contribution in [2.45, 2.75) is 19.4 Å². The van der Waals surface area contributed by atoms with Crippen molar-refractivity contribution in [1.82, 2.24) is 15.3 Å². The van der Waals surface area contributed by atoms with E-state index >= 15 is 0 Å². The highest BCUT2D eigenvalue weighted by Crippen LogP contribution is 2.15. The fraction of sp³-hybridized carbons (Fsp3) is 0.235. The zero-order chi connectivity index (χ0) is 13.8. The van der Waals surface area contributed by atoms with Gasteiger partial charge in [-0.3, -0.25) is 0 Å². The summed E-state index contributed by atoms with van der Waals surface area (Å²) in [6.07, 6.45) is 1.03. The minimum Gasteiger partial charge on any atom is -0.341 e. The van der Waals surface area contributed by atoms with Crippen molar-refractivity contribution >= 4 is 11.0 Å². The van der Waals surface area contributed by atoms with Crippen molar-refractivity contribution in [3.63, 3.8) is 0 Å². The number of fused-ring (bicyclic) bond motifs is 1. The van der Waals surface area contributed by atoms with Gasteiger partial charge in [0, 0.05) is 0 Å². The van der Waals surface area contributed by atoms with Gasteiger partial charge in [-0.1, -0.05) is 42.5 Å². The van der Waals surface area contributed by atoms with Gasteiger partial charge in [0.1, 0.15) is 5.82 Å². The van der Waals surface area contributed by atoms with Crippen LogP contribution in [0, 0.1) is 0 Å². The molecule has 0 amide bonds. The second-order valence-electron chi connectivity index (χ2n) is 5.05. The lowest BCUT2D eigenvalue weighted by Crippen LogP contribution is -2.22. The van der Waals surface area contributed by atoms with Crippen molar-refractivity contribution in [3.8, 4) is 0 Å². The topological polar surface area (TPSA) is 40.7 Å². The Morgan fingerprint density at radius 3 is 2.60 bits per heavy atom. The van der Waals surface area contributed by atoms with Crippen LogP contribution >= 0.6 is 0 Å². The van der Waals surface area contributed by atoms with Gasteiger partial charge in [0.2, 0.25) is 0 Å². The predicted octanol–water partition coefficient (Wildman–Crippen LogP) is 3.46. The zero-order valence-corrected chi connectivity index (χ0v) is 11.6. The summed E-state index contributed by atoms with van der Waals surface area (Å²) in [6.45, 7) is 3.09. The molecule has 3 heteroatoms. The average molecular weight is 265 g/mol. The summed E-state index contributed by atoms with van der Waals surface area (Å²) in [7, 11) is 0. The molecule has 0 radical (unpaired) electrons. The SMILES string of the molecule is CC(NCCc1ccccc1)c1nc2ccccc2[nH]1. The molecule has 0 aliphatic heterocycles. The Kier molecular flexibility index (Phi) is 3.79. The molecule has 20 heavy (non-hydrogen) atoms. The van der Waals surface area contributed by atoms with Gasteiger partial charge in [-0.15, -0.1) is 0 Å². The minimum atomic E-state index is 0.228. The minimum absolute atomic E-state index is 0.228. The van der Waals surface area contributed by atoms with E-state index in [4.69, 9.17) is 0 Å². The number of benzene rings is 2. The monoisotopic (exact) mass is 265 g/mol. The van der Waals surface area contributed by atoms with Crippen molar-refractivity contribution in [1.29, 1.82) is 0 Å². The first kappa shape index (κ1) is 12.9. The molecule has 0 spiro atoms. The molecule has 3 aromatic rings. The van der Waals surface area contributed by atoms with Gasteiger partial charge in [0.05, 0.1) is 17.1 Å². The van der Waals surface area contributed by atoms with Crippen LogP contribution in [0.3, 0.4) is 0 Å². The van der Waals surface area contributed by atoms with E-state index in [0.717, 1.165) is 29.8 Å². The predicted molar refractivity (Wildman–Crippen MR) is 82.7 cm³/mol.